The largest absolute Gasteiger partial charge is 0.297 e. The van der Waals surface area contributed by atoms with E-state index in [1.54, 1.807) is 0 Å². The van der Waals surface area contributed by atoms with Crippen LogP contribution in [0.1, 0.15) is 38.9 Å². The Balaban J connectivity index is 1.92. The highest BCUT2D eigenvalue weighted by Crippen LogP contribution is 2.31. The van der Waals surface area contributed by atoms with E-state index in [2.05, 4.69) is 19.9 Å². The number of carbonyl (C=O) groups excluding carboxylic acids is 2. The first kappa shape index (κ1) is 16.4. The fourth-order valence-corrected chi connectivity index (χ4v) is 3.69. The van der Waals surface area contributed by atoms with Gasteiger partial charge in [-0.25, -0.2) is 4.98 Å². The van der Waals surface area contributed by atoms with Crippen LogP contribution in [0.15, 0.2) is 30.3 Å². The molecule has 0 saturated carbocycles. The van der Waals surface area contributed by atoms with Crippen molar-refractivity contribution in [2.45, 2.75) is 20.3 Å². The van der Waals surface area contributed by atoms with Crippen molar-refractivity contribution in [2.75, 3.05) is 5.32 Å². The predicted octanol–water partition coefficient (Wildman–Crippen LogP) is 3.68. The molecule has 0 aliphatic carbocycles. The molecule has 8 heteroatoms. The Bertz CT molecular complexity index is 887. The van der Waals surface area contributed by atoms with E-state index in [9.17, 15) is 9.59 Å². The summed E-state index contributed by atoms with van der Waals surface area (Å²) in [4.78, 5) is 29.7. The topological polar surface area (TPSA) is 84.8 Å². The molecule has 0 fully saturated rings. The second-order valence-corrected chi connectivity index (χ2v) is 6.73. The quantitative estimate of drug-likeness (QED) is 0.703. The van der Waals surface area contributed by atoms with Crippen molar-refractivity contribution in [1.82, 2.24) is 14.6 Å². The molecule has 3 rings (SSSR count). The van der Waals surface area contributed by atoms with E-state index in [0.29, 0.717) is 32.7 Å². The van der Waals surface area contributed by atoms with Gasteiger partial charge in [-0.1, -0.05) is 53.1 Å². The average molecular weight is 358 g/mol. The number of benzene rings is 1. The number of hydrogen-bond acceptors (Lipinski definition) is 7. The van der Waals surface area contributed by atoms with Crippen molar-refractivity contribution in [3.05, 3.63) is 45.8 Å². The Kier molecular flexibility index (Phi) is 4.77. The standard InChI is InChI=1S/C16H14N4O2S2/c1-3-11-14(24-20-19-11)15(22)18-16-17-12(13(23-16)9(2)21)10-7-5-4-6-8-10/h4-8H,3H2,1-2H3,(H,17,18,22). The number of rotatable bonds is 5. The first-order chi connectivity index (χ1) is 11.6. The van der Waals surface area contributed by atoms with Gasteiger partial charge in [0.1, 0.15) is 4.88 Å². The molecule has 0 aliphatic heterocycles. The number of nitrogens with zero attached hydrogens (tertiary/aromatic N) is 3. The number of Topliss-reactive ketones (excluding diaryl/α,β-unsaturated/α-hetero) is 1. The molecule has 24 heavy (non-hydrogen) atoms. The molecule has 122 valence electrons. The van der Waals surface area contributed by atoms with Crippen LogP contribution in [-0.4, -0.2) is 26.3 Å². The molecule has 0 unspecified atom stereocenters. The van der Waals surface area contributed by atoms with Crippen LogP contribution >= 0.6 is 22.9 Å². The fraction of sp³-hybridized carbons (Fsp3) is 0.188. The maximum Gasteiger partial charge on any atom is 0.271 e. The zero-order valence-corrected chi connectivity index (χ0v) is 14.7. The van der Waals surface area contributed by atoms with E-state index in [1.807, 2.05) is 37.3 Å². The van der Waals surface area contributed by atoms with Gasteiger partial charge < -0.3 is 0 Å². The number of hydrogen-bond donors (Lipinski definition) is 1. The van der Waals surface area contributed by atoms with Crippen LogP contribution in [0.3, 0.4) is 0 Å². The first-order valence-corrected chi connectivity index (χ1v) is 8.89. The van der Waals surface area contributed by atoms with Crippen LogP contribution in [0.5, 0.6) is 0 Å². The van der Waals surface area contributed by atoms with Crippen molar-refractivity contribution >= 4 is 39.7 Å². The number of aromatic nitrogens is 3. The minimum Gasteiger partial charge on any atom is -0.297 e. The van der Waals surface area contributed by atoms with E-state index in [1.165, 1.54) is 18.3 Å². The molecule has 0 spiro atoms. The zero-order chi connectivity index (χ0) is 17.1. The van der Waals surface area contributed by atoms with Crippen LogP contribution in [0, 0.1) is 0 Å². The summed E-state index contributed by atoms with van der Waals surface area (Å²) in [5.74, 6) is -0.383. The Morgan fingerprint density at radius 3 is 2.58 bits per heavy atom. The predicted molar refractivity (Wildman–Crippen MR) is 94.8 cm³/mol. The Morgan fingerprint density at radius 2 is 1.92 bits per heavy atom. The van der Waals surface area contributed by atoms with Gasteiger partial charge in [0.2, 0.25) is 0 Å². The molecule has 1 N–H and O–H groups in total. The summed E-state index contributed by atoms with van der Waals surface area (Å²) in [6.07, 6.45) is 0.630. The molecule has 2 heterocycles. The molecule has 0 saturated heterocycles. The molecule has 1 amide bonds. The fourth-order valence-electron chi connectivity index (χ4n) is 2.17. The molecular formula is C16H14N4O2S2. The van der Waals surface area contributed by atoms with Crippen molar-refractivity contribution in [3.8, 4) is 11.3 Å². The molecule has 0 aliphatic rings. The minimum absolute atomic E-state index is 0.0828. The van der Waals surface area contributed by atoms with Crippen LogP contribution in [-0.2, 0) is 6.42 Å². The van der Waals surface area contributed by atoms with Crippen LogP contribution < -0.4 is 5.32 Å². The lowest BCUT2D eigenvalue weighted by Crippen LogP contribution is -2.12. The zero-order valence-electron chi connectivity index (χ0n) is 13.1. The van der Waals surface area contributed by atoms with E-state index in [4.69, 9.17) is 0 Å². The minimum atomic E-state index is -0.301. The smallest absolute Gasteiger partial charge is 0.271 e. The van der Waals surface area contributed by atoms with E-state index < -0.39 is 0 Å². The molecule has 6 nitrogen and oxygen atoms in total. The SMILES string of the molecule is CCc1nnsc1C(=O)Nc1nc(-c2ccccc2)c(C(C)=O)s1. The van der Waals surface area contributed by atoms with Crippen molar-refractivity contribution in [1.29, 1.82) is 0 Å². The normalized spacial score (nSPS) is 10.6. The molecule has 0 radical (unpaired) electrons. The van der Waals surface area contributed by atoms with Crippen molar-refractivity contribution in [2.24, 2.45) is 0 Å². The molecule has 2 aromatic heterocycles. The number of carbonyl (C=O) groups is 2. The maximum atomic E-state index is 12.4. The third-order valence-corrected chi connectivity index (χ3v) is 5.15. The van der Waals surface area contributed by atoms with Crippen LogP contribution in [0.25, 0.3) is 11.3 Å². The van der Waals surface area contributed by atoms with Crippen molar-refractivity contribution < 1.29 is 9.59 Å². The highest BCUT2D eigenvalue weighted by molar-refractivity contribution is 7.18. The third-order valence-electron chi connectivity index (χ3n) is 3.31. The summed E-state index contributed by atoms with van der Waals surface area (Å²) in [7, 11) is 0. The third kappa shape index (κ3) is 3.24. The number of ketones is 1. The van der Waals surface area contributed by atoms with Crippen molar-refractivity contribution in [3.63, 3.8) is 0 Å². The monoisotopic (exact) mass is 358 g/mol. The van der Waals surface area contributed by atoms with Crippen LogP contribution in [0.2, 0.25) is 0 Å². The second kappa shape index (κ2) is 6.98. The van der Waals surface area contributed by atoms with Gasteiger partial charge in [-0.2, -0.15) is 0 Å². The molecule has 0 bridgehead atoms. The van der Waals surface area contributed by atoms with Gasteiger partial charge in [-0.05, 0) is 18.0 Å². The number of anilines is 1. The van der Waals surface area contributed by atoms with E-state index >= 15 is 0 Å². The molecule has 0 atom stereocenters. The van der Waals surface area contributed by atoms with Gasteiger partial charge in [-0.15, -0.1) is 5.10 Å². The summed E-state index contributed by atoms with van der Waals surface area (Å²) < 4.78 is 3.81. The van der Waals surface area contributed by atoms with Gasteiger partial charge in [0.15, 0.2) is 10.9 Å². The maximum absolute atomic E-state index is 12.4. The Morgan fingerprint density at radius 1 is 1.17 bits per heavy atom. The van der Waals surface area contributed by atoms with Gasteiger partial charge in [0, 0.05) is 12.5 Å². The lowest BCUT2D eigenvalue weighted by atomic mass is 10.1. The lowest BCUT2D eigenvalue weighted by Gasteiger charge is -1.99. The second-order valence-electron chi connectivity index (χ2n) is 4.98. The first-order valence-electron chi connectivity index (χ1n) is 7.30. The highest BCUT2D eigenvalue weighted by atomic mass is 32.1. The number of amides is 1. The Hall–Kier alpha value is -2.45. The molecular weight excluding hydrogens is 344 g/mol. The van der Waals surface area contributed by atoms with Gasteiger partial charge in [-0.3, -0.25) is 14.9 Å². The number of thiazole rings is 1. The lowest BCUT2D eigenvalue weighted by molar-refractivity contribution is 0.101. The average Bonchev–Trinajstić information content (AvgIpc) is 3.22. The van der Waals surface area contributed by atoms with E-state index in [0.717, 1.165) is 17.1 Å². The van der Waals surface area contributed by atoms with Crippen LogP contribution in [0.4, 0.5) is 5.13 Å². The van der Waals surface area contributed by atoms with Gasteiger partial charge >= 0.3 is 0 Å². The number of aryl methyl sites for hydroxylation is 1. The highest BCUT2D eigenvalue weighted by Gasteiger charge is 2.20. The summed E-state index contributed by atoms with van der Waals surface area (Å²) in [6, 6.07) is 9.43. The summed E-state index contributed by atoms with van der Waals surface area (Å²) >= 11 is 2.22. The number of nitrogens with one attached hydrogen (secondary N) is 1. The summed E-state index contributed by atoms with van der Waals surface area (Å²) in [5.41, 5.74) is 2.08. The van der Waals surface area contributed by atoms with E-state index in [-0.39, 0.29) is 11.7 Å². The summed E-state index contributed by atoms with van der Waals surface area (Å²) in [5, 5.41) is 7.07. The molecule has 1 aromatic carbocycles. The molecule has 3 aromatic rings. The van der Waals surface area contributed by atoms with Gasteiger partial charge in [0.05, 0.1) is 16.3 Å². The van der Waals surface area contributed by atoms with Gasteiger partial charge in [0.25, 0.3) is 5.91 Å². The Labute approximate surface area is 146 Å². The summed E-state index contributed by atoms with van der Waals surface area (Å²) in [6.45, 7) is 3.41.